The highest BCUT2D eigenvalue weighted by molar-refractivity contribution is 9.10. The minimum Gasteiger partial charge on any atom is -0.490 e. The number of hydrogen-bond donors (Lipinski definition) is 1. The van der Waals surface area contributed by atoms with Gasteiger partial charge in [-0.3, -0.25) is 0 Å². The number of halogens is 2. The first kappa shape index (κ1) is 19.1. The quantitative estimate of drug-likeness (QED) is 0.572. The summed E-state index contributed by atoms with van der Waals surface area (Å²) in [6.45, 7) is 6.83. The van der Waals surface area contributed by atoms with Gasteiger partial charge in [0, 0.05) is 16.0 Å². The van der Waals surface area contributed by atoms with Gasteiger partial charge in [-0.1, -0.05) is 39.7 Å². The van der Waals surface area contributed by atoms with Crippen LogP contribution in [-0.2, 0) is 13.0 Å². The molecule has 2 aromatic carbocycles. The Labute approximate surface area is 157 Å². The van der Waals surface area contributed by atoms with Crippen LogP contribution < -0.4 is 14.8 Å². The summed E-state index contributed by atoms with van der Waals surface area (Å²) in [5, 5.41) is 4.24. The Balaban J connectivity index is 1.93. The standard InChI is InChI=1S/C19H23BrClNO2/c1-3-23-18-11-15(17(20)12-19(18)24-4-2)13-22-10-9-14-5-7-16(21)8-6-14/h5-8,11-12,22H,3-4,9-10,13H2,1-2H3. The SMILES string of the molecule is CCOc1cc(Br)c(CNCCc2ccc(Cl)cc2)cc1OCC. The van der Waals surface area contributed by atoms with Gasteiger partial charge in [-0.25, -0.2) is 0 Å². The molecular formula is C19H23BrClNO2. The Morgan fingerprint density at radius 3 is 2.25 bits per heavy atom. The molecule has 0 aliphatic heterocycles. The van der Waals surface area contributed by atoms with E-state index in [4.69, 9.17) is 21.1 Å². The van der Waals surface area contributed by atoms with Crippen LogP contribution in [-0.4, -0.2) is 19.8 Å². The minimum atomic E-state index is 0.616. The van der Waals surface area contributed by atoms with Gasteiger partial charge in [-0.15, -0.1) is 0 Å². The molecule has 1 N–H and O–H groups in total. The number of hydrogen-bond acceptors (Lipinski definition) is 3. The number of benzene rings is 2. The molecule has 2 rings (SSSR count). The third-order valence-corrected chi connectivity index (χ3v) is 4.52. The fourth-order valence-corrected chi connectivity index (χ4v) is 2.94. The van der Waals surface area contributed by atoms with Crippen molar-refractivity contribution in [3.05, 3.63) is 57.0 Å². The van der Waals surface area contributed by atoms with E-state index in [2.05, 4.69) is 33.4 Å². The van der Waals surface area contributed by atoms with E-state index < -0.39 is 0 Å². The first-order valence-corrected chi connectivity index (χ1v) is 9.34. The van der Waals surface area contributed by atoms with Crippen molar-refractivity contribution in [2.75, 3.05) is 19.8 Å². The van der Waals surface area contributed by atoms with Gasteiger partial charge in [0.15, 0.2) is 11.5 Å². The molecule has 0 amide bonds. The average Bonchev–Trinajstić information content (AvgIpc) is 2.57. The highest BCUT2D eigenvalue weighted by Crippen LogP contribution is 2.33. The van der Waals surface area contributed by atoms with Crippen LogP contribution in [0.3, 0.4) is 0 Å². The third-order valence-electron chi connectivity index (χ3n) is 3.53. The van der Waals surface area contributed by atoms with Gasteiger partial charge in [-0.05, 0) is 62.2 Å². The van der Waals surface area contributed by atoms with Crippen molar-refractivity contribution in [2.24, 2.45) is 0 Å². The molecule has 0 spiro atoms. The van der Waals surface area contributed by atoms with Crippen LogP contribution in [0.5, 0.6) is 11.5 Å². The zero-order valence-corrected chi connectivity index (χ0v) is 16.4. The summed E-state index contributed by atoms with van der Waals surface area (Å²) >= 11 is 9.52. The van der Waals surface area contributed by atoms with E-state index in [1.165, 1.54) is 5.56 Å². The van der Waals surface area contributed by atoms with Crippen LogP contribution in [0.4, 0.5) is 0 Å². The maximum atomic E-state index is 5.90. The van der Waals surface area contributed by atoms with Gasteiger partial charge in [0.1, 0.15) is 0 Å². The second kappa shape index (κ2) is 9.92. The fraction of sp³-hybridized carbons (Fsp3) is 0.368. The molecule has 0 saturated carbocycles. The van der Waals surface area contributed by atoms with Crippen LogP contribution >= 0.6 is 27.5 Å². The molecule has 3 nitrogen and oxygen atoms in total. The Kier molecular flexibility index (Phi) is 7.89. The monoisotopic (exact) mass is 411 g/mol. The lowest BCUT2D eigenvalue weighted by Gasteiger charge is -2.14. The predicted octanol–water partition coefficient (Wildman–Crippen LogP) is 5.23. The second-order valence-corrected chi connectivity index (χ2v) is 6.60. The molecule has 0 radical (unpaired) electrons. The maximum Gasteiger partial charge on any atom is 0.162 e. The van der Waals surface area contributed by atoms with Gasteiger partial charge in [0.25, 0.3) is 0 Å². The van der Waals surface area contributed by atoms with E-state index in [0.717, 1.165) is 46.1 Å². The van der Waals surface area contributed by atoms with E-state index in [0.29, 0.717) is 13.2 Å². The van der Waals surface area contributed by atoms with Crippen LogP contribution in [0.2, 0.25) is 5.02 Å². The van der Waals surface area contributed by atoms with E-state index in [9.17, 15) is 0 Å². The summed E-state index contributed by atoms with van der Waals surface area (Å²) in [5.41, 5.74) is 2.42. The largest absolute Gasteiger partial charge is 0.490 e. The minimum absolute atomic E-state index is 0.616. The normalized spacial score (nSPS) is 10.7. The number of ether oxygens (including phenoxy) is 2. The number of nitrogens with one attached hydrogen (secondary N) is 1. The van der Waals surface area contributed by atoms with Crippen molar-refractivity contribution < 1.29 is 9.47 Å². The summed E-state index contributed by atoms with van der Waals surface area (Å²) in [6.07, 6.45) is 0.962. The molecule has 0 aromatic heterocycles. The van der Waals surface area contributed by atoms with Gasteiger partial charge in [-0.2, -0.15) is 0 Å². The molecule has 0 heterocycles. The van der Waals surface area contributed by atoms with Crippen LogP contribution in [0.1, 0.15) is 25.0 Å². The molecule has 130 valence electrons. The van der Waals surface area contributed by atoms with Crippen molar-refractivity contribution in [3.8, 4) is 11.5 Å². The molecule has 2 aromatic rings. The smallest absolute Gasteiger partial charge is 0.162 e. The van der Waals surface area contributed by atoms with Crippen molar-refractivity contribution in [2.45, 2.75) is 26.8 Å². The van der Waals surface area contributed by atoms with E-state index in [1.807, 2.05) is 38.1 Å². The van der Waals surface area contributed by atoms with Gasteiger partial charge >= 0.3 is 0 Å². The molecule has 0 bridgehead atoms. The zero-order chi connectivity index (χ0) is 17.4. The van der Waals surface area contributed by atoms with Crippen molar-refractivity contribution in [1.29, 1.82) is 0 Å². The highest BCUT2D eigenvalue weighted by atomic mass is 79.9. The van der Waals surface area contributed by atoms with E-state index >= 15 is 0 Å². The Morgan fingerprint density at radius 2 is 1.62 bits per heavy atom. The molecule has 0 aliphatic rings. The predicted molar refractivity (Wildman–Crippen MR) is 103 cm³/mol. The molecule has 5 heteroatoms. The lowest BCUT2D eigenvalue weighted by Crippen LogP contribution is -2.17. The summed E-state index contributed by atoms with van der Waals surface area (Å²) in [6, 6.07) is 12.0. The fourth-order valence-electron chi connectivity index (χ4n) is 2.36. The summed E-state index contributed by atoms with van der Waals surface area (Å²) in [4.78, 5) is 0. The molecule has 0 fully saturated rings. The van der Waals surface area contributed by atoms with Gasteiger partial charge in [0.05, 0.1) is 13.2 Å². The van der Waals surface area contributed by atoms with Gasteiger partial charge < -0.3 is 14.8 Å². The van der Waals surface area contributed by atoms with Crippen LogP contribution in [0, 0.1) is 0 Å². The second-order valence-electron chi connectivity index (χ2n) is 5.31. The zero-order valence-electron chi connectivity index (χ0n) is 14.1. The average molecular weight is 413 g/mol. The Morgan fingerprint density at radius 1 is 1.00 bits per heavy atom. The molecule has 0 unspecified atom stereocenters. The van der Waals surface area contributed by atoms with Crippen molar-refractivity contribution >= 4 is 27.5 Å². The lowest BCUT2D eigenvalue weighted by atomic mass is 10.1. The van der Waals surface area contributed by atoms with E-state index in [1.54, 1.807) is 0 Å². The number of rotatable bonds is 9. The third kappa shape index (κ3) is 5.69. The highest BCUT2D eigenvalue weighted by Gasteiger charge is 2.10. The Bertz CT molecular complexity index is 647. The Hall–Kier alpha value is -1.23. The molecule has 0 saturated heterocycles. The lowest BCUT2D eigenvalue weighted by molar-refractivity contribution is 0.287. The summed E-state index contributed by atoms with van der Waals surface area (Å²) < 4.78 is 12.3. The molecular weight excluding hydrogens is 390 g/mol. The molecule has 0 atom stereocenters. The van der Waals surface area contributed by atoms with Crippen LogP contribution in [0.25, 0.3) is 0 Å². The first-order valence-electron chi connectivity index (χ1n) is 8.17. The topological polar surface area (TPSA) is 30.5 Å². The summed E-state index contributed by atoms with van der Waals surface area (Å²) in [7, 11) is 0. The van der Waals surface area contributed by atoms with Gasteiger partial charge in [0.2, 0.25) is 0 Å². The van der Waals surface area contributed by atoms with Crippen molar-refractivity contribution in [3.63, 3.8) is 0 Å². The molecule has 0 aliphatic carbocycles. The molecule has 24 heavy (non-hydrogen) atoms. The first-order chi connectivity index (χ1) is 11.6. The van der Waals surface area contributed by atoms with Crippen LogP contribution in [0.15, 0.2) is 40.9 Å². The van der Waals surface area contributed by atoms with E-state index in [-0.39, 0.29) is 0 Å². The maximum absolute atomic E-state index is 5.90. The van der Waals surface area contributed by atoms with Crippen molar-refractivity contribution in [1.82, 2.24) is 5.32 Å². The summed E-state index contributed by atoms with van der Waals surface area (Å²) in [5.74, 6) is 1.56.